The minimum Gasteiger partial charge on any atom is -0.340 e. The fourth-order valence-corrected chi connectivity index (χ4v) is 4.30. The number of amides is 1. The van der Waals surface area contributed by atoms with Crippen LogP contribution in [0.15, 0.2) is 12.4 Å². The van der Waals surface area contributed by atoms with E-state index in [-0.39, 0.29) is 36.8 Å². The van der Waals surface area contributed by atoms with Crippen molar-refractivity contribution in [2.75, 3.05) is 20.1 Å². The van der Waals surface area contributed by atoms with Crippen molar-refractivity contribution in [3.8, 4) is 0 Å². The third-order valence-electron chi connectivity index (χ3n) is 4.72. The topological polar surface area (TPSA) is 63.1 Å². The Morgan fingerprint density at radius 1 is 1.38 bits per heavy atom. The van der Waals surface area contributed by atoms with Crippen LogP contribution in [0, 0.1) is 13.8 Å². The molecule has 3 rings (SSSR count). The summed E-state index contributed by atoms with van der Waals surface area (Å²) in [6.07, 6.45) is 5.78. The van der Waals surface area contributed by atoms with Gasteiger partial charge < -0.3 is 10.2 Å². The fraction of sp³-hybridized carbons (Fsp3) is 0.588. The van der Waals surface area contributed by atoms with E-state index in [2.05, 4.69) is 24.3 Å². The van der Waals surface area contributed by atoms with Crippen LogP contribution in [0.2, 0.25) is 0 Å². The van der Waals surface area contributed by atoms with Gasteiger partial charge in [-0.05, 0) is 33.7 Å². The second kappa shape index (κ2) is 9.69. The average molecular weight is 420 g/mol. The highest BCUT2D eigenvalue weighted by molar-refractivity contribution is 7.11. The van der Waals surface area contributed by atoms with Crippen molar-refractivity contribution in [1.82, 2.24) is 25.0 Å². The van der Waals surface area contributed by atoms with Crippen LogP contribution >= 0.6 is 36.2 Å². The van der Waals surface area contributed by atoms with Gasteiger partial charge in [-0.25, -0.2) is 4.98 Å². The van der Waals surface area contributed by atoms with Crippen LogP contribution in [0.1, 0.15) is 45.9 Å². The molecule has 1 saturated heterocycles. The monoisotopic (exact) mass is 419 g/mol. The number of carbonyl (C=O) groups excluding carboxylic acids is 1. The molecule has 3 heterocycles. The molecule has 0 bridgehead atoms. The van der Waals surface area contributed by atoms with E-state index in [4.69, 9.17) is 4.98 Å². The van der Waals surface area contributed by atoms with E-state index in [1.807, 2.05) is 25.2 Å². The summed E-state index contributed by atoms with van der Waals surface area (Å²) in [6.45, 7) is 5.74. The minimum atomic E-state index is -0.336. The molecule has 1 amide bonds. The second-order valence-electron chi connectivity index (χ2n) is 6.49. The SMILES string of the molecule is CNC(C(=O)N1CCCC(c2nc(C)c(C)s2)C1)c1cnn(C)c1.Cl.Cl. The number of piperidine rings is 1. The third kappa shape index (κ3) is 4.76. The van der Waals surface area contributed by atoms with Crippen LogP contribution in [0.3, 0.4) is 0 Å². The highest BCUT2D eigenvalue weighted by Gasteiger charge is 2.31. The van der Waals surface area contributed by atoms with Crippen molar-refractivity contribution in [2.24, 2.45) is 7.05 Å². The Morgan fingerprint density at radius 2 is 2.12 bits per heavy atom. The zero-order valence-electron chi connectivity index (χ0n) is 15.6. The molecule has 0 spiro atoms. The van der Waals surface area contributed by atoms with Gasteiger partial charge in [-0.2, -0.15) is 5.10 Å². The van der Waals surface area contributed by atoms with Crippen molar-refractivity contribution >= 4 is 42.1 Å². The molecule has 0 radical (unpaired) electrons. The summed E-state index contributed by atoms with van der Waals surface area (Å²) in [5.74, 6) is 0.478. The van der Waals surface area contributed by atoms with Crippen LogP contribution in [-0.4, -0.2) is 45.7 Å². The van der Waals surface area contributed by atoms with Crippen LogP contribution in [0.25, 0.3) is 0 Å². The number of nitrogens with one attached hydrogen (secondary N) is 1. The predicted octanol–water partition coefficient (Wildman–Crippen LogP) is 3.00. The number of aromatic nitrogens is 3. The fourth-order valence-electron chi connectivity index (χ4n) is 3.26. The molecule has 26 heavy (non-hydrogen) atoms. The Bertz CT molecular complexity index is 713. The molecule has 2 atom stereocenters. The number of aryl methyl sites for hydroxylation is 3. The van der Waals surface area contributed by atoms with Gasteiger partial charge in [0.2, 0.25) is 5.91 Å². The van der Waals surface area contributed by atoms with E-state index in [0.29, 0.717) is 5.92 Å². The normalized spacial score (nSPS) is 18.0. The largest absolute Gasteiger partial charge is 0.340 e. The summed E-state index contributed by atoms with van der Waals surface area (Å²) in [4.78, 5) is 21.0. The molecule has 2 aromatic rings. The maximum atomic E-state index is 13.0. The maximum Gasteiger partial charge on any atom is 0.244 e. The molecular formula is C17H27Cl2N5OS. The molecule has 0 aromatic carbocycles. The quantitative estimate of drug-likeness (QED) is 0.826. The molecule has 9 heteroatoms. The van der Waals surface area contributed by atoms with Gasteiger partial charge in [0.15, 0.2) is 0 Å². The van der Waals surface area contributed by atoms with Gasteiger partial charge >= 0.3 is 0 Å². The summed E-state index contributed by atoms with van der Waals surface area (Å²) in [5, 5.41) is 8.50. The van der Waals surface area contributed by atoms with Gasteiger partial charge in [0.05, 0.1) is 16.9 Å². The molecule has 1 aliphatic rings. The molecule has 2 aromatic heterocycles. The number of hydrogen-bond acceptors (Lipinski definition) is 5. The lowest BCUT2D eigenvalue weighted by molar-refractivity contribution is -0.134. The van der Waals surface area contributed by atoms with Gasteiger partial charge in [0, 0.05) is 42.7 Å². The van der Waals surface area contributed by atoms with Crippen molar-refractivity contribution in [3.05, 3.63) is 33.5 Å². The summed E-state index contributed by atoms with van der Waals surface area (Å²) in [5.41, 5.74) is 2.02. The van der Waals surface area contributed by atoms with Gasteiger partial charge in [-0.3, -0.25) is 9.48 Å². The number of likely N-dealkylation sites (N-methyl/N-ethyl adjacent to an activating group) is 1. The van der Waals surface area contributed by atoms with E-state index >= 15 is 0 Å². The van der Waals surface area contributed by atoms with E-state index < -0.39 is 0 Å². The maximum absolute atomic E-state index is 13.0. The Hall–Kier alpha value is -1.15. The number of hydrogen-bond donors (Lipinski definition) is 1. The van der Waals surface area contributed by atoms with E-state index in [9.17, 15) is 4.79 Å². The van der Waals surface area contributed by atoms with E-state index in [1.54, 1.807) is 22.2 Å². The zero-order chi connectivity index (χ0) is 17.3. The van der Waals surface area contributed by atoms with E-state index in [0.717, 1.165) is 37.2 Å². The average Bonchev–Trinajstić information content (AvgIpc) is 3.14. The highest BCUT2D eigenvalue weighted by Crippen LogP contribution is 2.32. The summed E-state index contributed by atoms with van der Waals surface area (Å²) < 4.78 is 1.73. The molecule has 0 aliphatic carbocycles. The number of halogens is 2. The number of carbonyl (C=O) groups is 1. The number of nitrogens with zero attached hydrogens (tertiary/aromatic N) is 4. The van der Waals surface area contributed by atoms with Crippen molar-refractivity contribution in [3.63, 3.8) is 0 Å². The lowest BCUT2D eigenvalue weighted by Crippen LogP contribution is -2.44. The van der Waals surface area contributed by atoms with Gasteiger partial charge in [0.1, 0.15) is 6.04 Å². The van der Waals surface area contributed by atoms with E-state index in [1.165, 1.54) is 9.88 Å². The molecule has 2 unspecified atom stereocenters. The second-order valence-corrected chi connectivity index (χ2v) is 7.72. The Morgan fingerprint density at radius 3 is 2.65 bits per heavy atom. The van der Waals surface area contributed by atoms with Gasteiger partial charge in [0.25, 0.3) is 0 Å². The summed E-state index contributed by atoms with van der Waals surface area (Å²) >= 11 is 1.77. The smallest absolute Gasteiger partial charge is 0.244 e. The first-order valence-corrected chi connectivity index (χ1v) is 9.19. The minimum absolute atomic E-state index is 0. The molecule has 146 valence electrons. The zero-order valence-corrected chi connectivity index (χ0v) is 18.0. The third-order valence-corrected chi connectivity index (χ3v) is 5.96. The van der Waals surface area contributed by atoms with Crippen LogP contribution in [0.4, 0.5) is 0 Å². The van der Waals surface area contributed by atoms with Gasteiger partial charge in [-0.15, -0.1) is 36.2 Å². The lowest BCUT2D eigenvalue weighted by atomic mass is 9.97. The molecule has 1 fully saturated rings. The Labute approximate surface area is 171 Å². The highest BCUT2D eigenvalue weighted by atomic mass is 35.5. The molecule has 6 nitrogen and oxygen atoms in total. The number of rotatable bonds is 4. The standard InChI is InChI=1S/C17H25N5OS.2ClH/c1-11-12(2)24-16(20-11)13-6-5-7-22(10-13)17(23)15(18-3)14-8-19-21(4)9-14;;/h8-9,13,15,18H,5-7,10H2,1-4H3;2*1H. The predicted molar refractivity (Wildman–Crippen MR) is 110 cm³/mol. The van der Waals surface area contributed by atoms with Crippen LogP contribution < -0.4 is 5.32 Å². The summed E-state index contributed by atoms with van der Waals surface area (Å²) in [7, 11) is 3.69. The summed E-state index contributed by atoms with van der Waals surface area (Å²) in [6, 6.07) is -0.336. The molecule has 1 aliphatic heterocycles. The molecule has 1 N–H and O–H groups in total. The van der Waals surface area contributed by atoms with Crippen LogP contribution in [0.5, 0.6) is 0 Å². The lowest BCUT2D eigenvalue weighted by Gasteiger charge is -2.34. The van der Waals surface area contributed by atoms with Crippen molar-refractivity contribution in [2.45, 2.75) is 38.6 Å². The molecule has 0 saturated carbocycles. The Balaban J connectivity index is 0.00000169. The first kappa shape index (κ1) is 22.9. The van der Waals surface area contributed by atoms with Crippen molar-refractivity contribution in [1.29, 1.82) is 0 Å². The van der Waals surface area contributed by atoms with Crippen molar-refractivity contribution < 1.29 is 4.79 Å². The first-order valence-electron chi connectivity index (χ1n) is 8.38. The number of likely N-dealkylation sites (tertiary alicyclic amines) is 1. The molecular weight excluding hydrogens is 393 g/mol. The number of thiazole rings is 1. The Kier molecular flexibility index (Phi) is 8.53. The van der Waals surface area contributed by atoms with Crippen LogP contribution in [-0.2, 0) is 11.8 Å². The first-order chi connectivity index (χ1) is 11.5. The van der Waals surface area contributed by atoms with Gasteiger partial charge in [-0.1, -0.05) is 0 Å².